The molecule has 3 unspecified atom stereocenters. The van der Waals surface area contributed by atoms with Crippen LogP contribution in [0.2, 0.25) is 0 Å². The number of amides is 11. The summed E-state index contributed by atoms with van der Waals surface area (Å²) in [5.41, 5.74) is 3.60. The number of imide groups is 3. The number of nitrogens with one attached hydrogen (secondary N) is 7. The van der Waals surface area contributed by atoms with Crippen molar-refractivity contribution in [3.8, 4) is 0 Å². The number of hydrogen-bond acceptors (Lipinski definition) is 10. The second-order valence-electron chi connectivity index (χ2n) is 18.2. The smallest absolute Gasteiger partial charge is 0.322 e. The molecule has 400 valence electrons. The largest absolute Gasteiger partial charge is 0.382 e. The van der Waals surface area contributed by atoms with Gasteiger partial charge in [0, 0.05) is 40.3 Å². The van der Waals surface area contributed by atoms with Gasteiger partial charge >= 0.3 is 18.1 Å². The minimum Gasteiger partial charge on any atom is -0.382 e. The fraction of sp³-hybridized carbons (Fsp3) is 0.269. The maximum atomic E-state index is 14.5. The number of carbonyl (C=O) groups excluding carboxylic acids is 8. The molecule has 0 bridgehead atoms. The van der Waals surface area contributed by atoms with Crippen molar-refractivity contribution in [1.29, 1.82) is 0 Å². The third kappa shape index (κ3) is 10.3. The topological polar surface area (TPSA) is 253 Å². The summed E-state index contributed by atoms with van der Waals surface area (Å²) in [7, 11) is 0. The zero-order valence-corrected chi connectivity index (χ0v) is 38.5. The van der Waals surface area contributed by atoms with Gasteiger partial charge in [-0.25, -0.2) is 40.7 Å². The summed E-state index contributed by atoms with van der Waals surface area (Å²) in [6, 6.07) is 17.9. The molecule has 11 rings (SSSR count). The van der Waals surface area contributed by atoms with Crippen molar-refractivity contribution in [1.82, 2.24) is 41.7 Å². The molecule has 24 heteroatoms. The van der Waals surface area contributed by atoms with Crippen molar-refractivity contribution in [2.75, 3.05) is 31.5 Å². The fourth-order valence-corrected chi connectivity index (χ4v) is 9.26. The van der Waals surface area contributed by atoms with Crippen LogP contribution in [0.1, 0.15) is 79.2 Å². The van der Waals surface area contributed by atoms with Crippen LogP contribution >= 0.6 is 0 Å². The lowest BCUT2D eigenvalue weighted by Crippen LogP contribution is -2.52. The van der Waals surface area contributed by atoms with Crippen LogP contribution in [0.15, 0.2) is 97.1 Å². The average Bonchev–Trinajstić information content (AvgIpc) is 3.89. The Hall–Kier alpha value is -8.80. The number of anilines is 1. The molecule has 0 spiro atoms. The van der Waals surface area contributed by atoms with Crippen molar-refractivity contribution in [2.45, 2.75) is 57.4 Å². The lowest BCUT2D eigenvalue weighted by atomic mass is 9.89. The zero-order chi connectivity index (χ0) is 54.9. The monoisotopic (exact) mass is 1060 g/mol. The number of rotatable bonds is 11. The van der Waals surface area contributed by atoms with Crippen LogP contribution in [0, 0.1) is 40.8 Å². The van der Waals surface area contributed by atoms with Crippen LogP contribution in [0.5, 0.6) is 0 Å². The van der Waals surface area contributed by atoms with E-state index in [4.69, 9.17) is 8.70 Å². The van der Waals surface area contributed by atoms with Gasteiger partial charge in [-0.15, -0.1) is 0 Å². The molecule has 5 aromatic rings. The second-order valence-corrected chi connectivity index (χ2v) is 18.2. The summed E-state index contributed by atoms with van der Waals surface area (Å²) < 4.78 is 90.9. The number of hydrogen-bond donors (Lipinski definition) is 8. The number of urea groups is 3. The summed E-state index contributed by atoms with van der Waals surface area (Å²) in [4.78, 5) is 99.8. The third-order valence-electron chi connectivity index (χ3n) is 13.4. The minimum atomic E-state index is -1.64. The number of benzene rings is 5. The molecule has 1 aliphatic carbocycles. The molecule has 0 aromatic heterocycles. The van der Waals surface area contributed by atoms with Gasteiger partial charge in [0.25, 0.3) is 29.5 Å². The molecule has 1 saturated carbocycles. The highest BCUT2D eigenvalue weighted by molar-refractivity contribution is 6.10. The maximum Gasteiger partial charge on any atom is 0.322 e. The third-order valence-corrected chi connectivity index (χ3v) is 13.4. The van der Waals surface area contributed by atoms with Gasteiger partial charge in [-0.2, -0.15) is 0 Å². The predicted molar refractivity (Wildman–Crippen MR) is 262 cm³/mol. The van der Waals surface area contributed by atoms with Gasteiger partial charge in [-0.3, -0.25) is 39.9 Å². The Bertz CT molecular complexity index is 3200. The molecule has 3 atom stereocenters. The molecule has 4 fully saturated rings. The van der Waals surface area contributed by atoms with Gasteiger partial charge in [0.05, 0.1) is 18.8 Å². The minimum absolute atomic E-state index is 0. The first-order chi connectivity index (χ1) is 36.2. The van der Waals surface area contributed by atoms with Crippen LogP contribution in [-0.2, 0) is 44.1 Å². The van der Waals surface area contributed by atoms with Gasteiger partial charge in [0.1, 0.15) is 23.3 Å². The highest BCUT2D eigenvalue weighted by atomic mass is 19.2. The first-order valence-electron chi connectivity index (χ1n) is 23.8. The molecule has 18 nitrogen and oxygen atoms in total. The molecule has 5 aliphatic heterocycles. The van der Waals surface area contributed by atoms with E-state index in [0.717, 1.165) is 37.1 Å². The van der Waals surface area contributed by atoms with Crippen molar-refractivity contribution in [3.05, 3.63) is 171 Å². The SMILES string of the molecule is C.C.NCC1(c2ccc(F)cc2)NC(=O)NC1=O.O=C1NC(=O)C(CN2Cc3cc(F)c(F)cc3C2=O)(c2ccc(F)cc2)N1.O=C1NC(=O)C(CN2Cc3cc(NCC4CC4)c(F)cc3C2=O)(c2ccc(F)cc2)N1.[2H][2H]. The van der Waals surface area contributed by atoms with Crippen molar-refractivity contribution >= 4 is 53.3 Å². The molecule has 0 radical (unpaired) electrons. The Morgan fingerprint density at radius 2 is 0.882 bits per heavy atom. The summed E-state index contributed by atoms with van der Waals surface area (Å²) in [5, 5.41) is 17.0. The van der Waals surface area contributed by atoms with Gasteiger partial charge < -0.3 is 36.8 Å². The number of nitrogens with zero attached hydrogens (tertiary/aromatic N) is 2. The van der Waals surface area contributed by atoms with E-state index in [1.807, 2.05) is 0 Å². The summed E-state index contributed by atoms with van der Waals surface area (Å²) in [5.74, 6) is -6.51. The predicted octanol–water partition coefficient (Wildman–Crippen LogP) is 5.61. The lowest BCUT2D eigenvalue weighted by Gasteiger charge is -2.31. The van der Waals surface area contributed by atoms with Crippen LogP contribution < -0.4 is 43.0 Å². The standard InChI is InChI=1S/C22H20F2N4O3.C18H12F3N3O3.C10H10FN3O2.2CH4.H2/c23-15-5-3-14(4-6-15)22(20(30)26-21(31)27-22)11-28-10-13-7-18(25-9-12-1-2-12)17(24)8-16(13)19(28)29;19-11-3-1-10(2-4-11)18(16(26)22-17(27)23-18)8-24-7-9-5-13(20)14(21)6-12(9)15(24)25;11-7-3-1-6(2-4-7)10(5-12)8(15)13-9(16)14-10;;;/h3-8,12,25H,1-2,9-11H2,(H2,26,27,30,31);1-6H,7-8H2,(H2,22,23,26,27);1-4H,5,12H2,(H2,13,14,15,16);2*1H4;1H/i;;;;;1+1D. The lowest BCUT2D eigenvalue weighted by molar-refractivity contribution is -0.125. The van der Waals surface area contributed by atoms with Gasteiger partial charge in [-0.05, 0) is 107 Å². The van der Waals surface area contributed by atoms with E-state index in [1.54, 1.807) is 6.07 Å². The highest BCUT2D eigenvalue weighted by Gasteiger charge is 2.52. The normalized spacial score (nSPS) is 21.9. The van der Waals surface area contributed by atoms with Gasteiger partial charge in [0.15, 0.2) is 28.3 Å². The van der Waals surface area contributed by atoms with Crippen molar-refractivity contribution in [2.24, 2.45) is 11.7 Å². The maximum absolute atomic E-state index is 14.5. The molecule has 5 heterocycles. The Morgan fingerprint density at radius 3 is 1.25 bits per heavy atom. The quantitative estimate of drug-likeness (QED) is 0.0600. The van der Waals surface area contributed by atoms with E-state index in [9.17, 15) is 64.7 Å². The Kier molecular flexibility index (Phi) is 14.9. The summed E-state index contributed by atoms with van der Waals surface area (Å²) in [6.07, 6.45) is 2.26. The van der Waals surface area contributed by atoms with Crippen LogP contribution in [0.25, 0.3) is 0 Å². The Labute approximate surface area is 433 Å². The number of nitrogens with two attached hydrogens (primary N) is 1. The zero-order valence-electron chi connectivity index (χ0n) is 40.5. The van der Waals surface area contributed by atoms with E-state index in [2.05, 4.69) is 37.2 Å². The Balaban J connectivity index is 0.000000192. The Morgan fingerprint density at radius 1 is 0.526 bits per heavy atom. The molecule has 11 amide bonds. The molecule has 76 heavy (non-hydrogen) atoms. The number of carbonyl (C=O) groups is 8. The van der Waals surface area contributed by atoms with Gasteiger partial charge in [-0.1, -0.05) is 51.3 Å². The number of fused-ring (bicyclic) bond motifs is 2. The van der Waals surface area contributed by atoms with E-state index in [1.165, 1.54) is 76.5 Å². The van der Waals surface area contributed by atoms with Crippen LogP contribution in [0.3, 0.4) is 0 Å². The fourth-order valence-electron chi connectivity index (χ4n) is 9.26. The summed E-state index contributed by atoms with van der Waals surface area (Å²) >= 11 is 0. The van der Waals surface area contributed by atoms with E-state index < -0.39 is 99.1 Å². The van der Waals surface area contributed by atoms with Gasteiger partial charge in [0.2, 0.25) is 0 Å². The molecule has 5 aromatic carbocycles. The highest BCUT2D eigenvalue weighted by Crippen LogP contribution is 2.36. The summed E-state index contributed by atoms with van der Waals surface area (Å²) in [6.45, 7) is 0.253. The molecular weight excluding hydrogens is 1010 g/mol. The molecular formula is C52H52F6N10O8. The first-order valence-corrected chi connectivity index (χ1v) is 22.8. The second kappa shape index (κ2) is 21.2. The molecule has 9 N–H and O–H groups in total. The van der Waals surface area contributed by atoms with Crippen molar-refractivity contribution in [3.63, 3.8) is 0 Å². The number of halogens is 6. The van der Waals surface area contributed by atoms with E-state index in [0.29, 0.717) is 34.8 Å². The van der Waals surface area contributed by atoms with Crippen LogP contribution in [-0.4, -0.2) is 83.6 Å². The average molecular weight is 1060 g/mol. The molecule has 6 aliphatic rings. The van der Waals surface area contributed by atoms with E-state index in [-0.39, 0.29) is 69.8 Å². The first kappa shape index (κ1) is 53.5. The van der Waals surface area contributed by atoms with E-state index >= 15 is 0 Å². The van der Waals surface area contributed by atoms with Crippen molar-refractivity contribution < 1.29 is 67.7 Å². The molecule has 3 saturated heterocycles. The van der Waals surface area contributed by atoms with Crippen LogP contribution in [0.4, 0.5) is 46.4 Å².